The third-order valence-corrected chi connectivity index (χ3v) is 7.76. The van der Waals surface area contributed by atoms with Crippen LogP contribution >= 0.6 is 0 Å². The number of nitrogens with zero attached hydrogens (tertiary/aromatic N) is 1. The number of methoxy groups -OCH3 is 1. The van der Waals surface area contributed by atoms with Crippen LogP contribution in [-0.2, 0) is 25.2 Å². The summed E-state index contributed by atoms with van der Waals surface area (Å²) < 4.78 is 41.0. The van der Waals surface area contributed by atoms with Gasteiger partial charge in [-0.1, -0.05) is 31.5 Å². The van der Waals surface area contributed by atoms with Crippen molar-refractivity contribution in [2.24, 2.45) is 5.41 Å². The molecule has 2 aromatic carbocycles. The molecule has 1 saturated heterocycles. The number of amides is 1. The molecule has 0 radical (unpaired) electrons. The Morgan fingerprint density at radius 3 is 2.53 bits per heavy atom. The first-order chi connectivity index (χ1) is 16.0. The molecule has 1 amide bonds. The van der Waals surface area contributed by atoms with Gasteiger partial charge in [-0.3, -0.25) is 9.78 Å². The van der Waals surface area contributed by atoms with Crippen LogP contribution in [0, 0.1) is 19.3 Å². The molecule has 0 aliphatic carbocycles. The predicted molar refractivity (Wildman–Crippen MR) is 130 cm³/mol. The first-order valence-corrected chi connectivity index (χ1v) is 12.7. The van der Waals surface area contributed by atoms with Gasteiger partial charge < -0.3 is 9.47 Å². The smallest absolute Gasteiger partial charge is 0.270 e. The molecular formula is C26H30N2O5S. The van der Waals surface area contributed by atoms with E-state index in [2.05, 4.69) is 23.6 Å². The molecule has 2 heterocycles. The van der Waals surface area contributed by atoms with E-state index in [1.54, 1.807) is 30.3 Å². The fraction of sp³-hybridized carbons (Fsp3) is 0.385. The summed E-state index contributed by atoms with van der Waals surface area (Å²) in [7, 11) is -2.69. The van der Waals surface area contributed by atoms with E-state index in [0.29, 0.717) is 41.7 Å². The van der Waals surface area contributed by atoms with E-state index in [0.717, 1.165) is 11.3 Å². The van der Waals surface area contributed by atoms with Gasteiger partial charge in [0.05, 0.1) is 24.1 Å². The zero-order chi connectivity index (χ0) is 24.7. The fourth-order valence-electron chi connectivity index (χ4n) is 4.35. The molecule has 1 fully saturated rings. The Labute approximate surface area is 200 Å². The van der Waals surface area contributed by atoms with E-state index >= 15 is 0 Å². The van der Waals surface area contributed by atoms with Gasteiger partial charge in [0.25, 0.3) is 15.9 Å². The summed E-state index contributed by atoms with van der Waals surface area (Å²) in [4.78, 5) is 18.2. The van der Waals surface area contributed by atoms with Gasteiger partial charge in [0, 0.05) is 16.6 Å². The van der Waals surface area contributed by atoms with Crippen molar-refractivity contribution in [3.63, 3.8) is 0 Å². The molecule has 4 rings (SSSR count). The minimum absolute atomic E-state index is 0.00616. The highest BCUT2D eigenvalue weighted by atomic mass is 32.2. The number of aryl methyl sites for hydroxylation is 2. The zero-order valence-corrected chi connectivity index (χ0v) is 21.0. The number of carbonyl (C=O) groups is 1. The van der Waals surface area contributed by atoms with E-state index in [4.69, 9.17) is 9.47 Å². The Bertz CT molecular complexity index is 1350. The number of fused-ring (bicyclic) bond motifs is 1. The van der Waals surface area contributed by atoms with Crippen molar-refractivity contribution in [2.45, 2.75) is 51.0 Å². The number of carbonyl (C=O) groups excluding carboxylic acids is 1. The van der Waals surface area contributed by atoms with Crippen LogP contribution in [0.1, 0.15) is 43.5 Å². The van der Waals surface area contributed by atoms with Gasteiger partial charge in [-0.05, 0) is 68.5 Å². The van der Waals surface area contributed by atoms with Crippen LogP contribution in [-0.4, -0.2) is 33.0 Å². The van der Waals surface area contributed by atoms with Gasteiger partial charge in [0.15, 0.2) is 5.60 Å². The maximum atomic E-state index is 13.8. The number of pyridine rings is 1. The number of nitrogens with one attached hydrogen (secondary N) is 1. The van der Waals surface area contributed by atoms with Crippen molar-refractivity contribution in [3.8, 4) is 5.75 Å². The summed E-state index contributed by atoms with van der Waals surface area (Å²) in [6.45, 7) is 8.16. The van der Waals surface area contributed by atoms with Gasteiger partial charge in [0.2, 0.25) is 0 Å². The molecule has 180 valence electrons. The van der Waals surface area contributed by atoms with Crippen molar-refractivity contribution in [2.75, 3.05) is 13.7 Å². The first-order valence-electron chi connectivity index (χ1n) is 11.2. The summed E-state index contributed by atoms with van der Waals surface area (Å²) in [5.74, 6) is -0.258. The lowest BCUT2D eigenvalue weighted by atomic mass is 9.76. The normalized spacial score (nSPS) is 20.1. The van der Waals surface area contributed by atoms with Crippen LogP contribution in [0.5, 0.6) is 5.75 Å². The molecule has 0 spiro atoms. The van der Waals surface area contributed by atoms with Gasteiger partial charge in [-0.15, -0.1) is 0 Å². The molecule has 0 bridgehead atoms. The minimum atomic E-state index is -4.21. The Hall–Kier alpha value is -2.97. The van der Waals surface area contributed by atoms with Gasteiger partial charge in [-0.2, -0.15) is 0 Å². The number of hydrogen-bond donors (Lipinski definition) is 1. The number of sulfonamides is 1. The van der Waals surface area contributed by atoms with Crippen LogP contribution in [0.15, 0.2) is 53.4 Å². The number of rotatable bonds is 5. The van der Waals surface area contributed by atoms with E-state index in [-0.39, 0.29) is 10.3 Å². The summed E-state index contributed by atoms with van der Waals surface area (Å²) >= 11 is 0. The average molecular weight is 483 g/mol. The maximum Gasteiger partial charge on any atom is 0.270 e. The molecule has 1 unspecified atom stereocenters. The molecule has 3 aromatic rings. The lowest BCUT2D eigenvalue weighted by Gasteiger charge is -2.43. The second-order valence-electron chi connectivity index (χ2n) is 9.69. The van der Waals surface area contributed by atoms with Gasteiger partial charge in [-0.25, -0.2) is 13.1 Å². The predicted octanol–water partition coefficient (Wildman–Crippen LogP) is 4.40. The van der Waals surface area contributed by atoms with Crippen LogP contribution in [0.2, 0.25) is 0 Å². The quantitative estimate of drug-likeness (QED) is 0.579. The Morgan fingerprint density at radius 1 is 1.09 bits per heavy atom. The van der Waals surface area contributed by atoms with Crippen molar-refractivity contribution < 1.29 is 22.7 Å². The minimum Gasteiger partial charge on any atom is -0.496 e. The summed E-state index contributed by atoms with van der Waals surface area (Å²) in [5, 5.41) is 0.446. The van der Waals surface area contributed by atoms with Crippen molar-refractivity contribution in [3.05, 3.63) is 65.4 Å². The summed E-state index contributed by atoms with van der Waals surface area (Å²) in [6, 6.07) is 13.8. The van der Waals surface area contributed by atoms with E-state index in [1.165, 1.54) is 13.2 Å². The number of hydrogen-bond acceptors (Lipinski definition) is 6. The molecule has 1 atom stereocenters. The van der Waals surface area contributed by atoms with Crippen LogP contribution < -0.4 is 9.46 Å². The highest BCUT2D eigenvalue weighted by Crippen LogP contribution is 2.45. The molecule has 1 N–H and O–H groups in total. The van der Waals surface area contributed by atoms with Crippen molar-refractivity contribution >= 4 is 26.8 Å². The number of benzene rings is 2. The fourth-order valence-corrected chi connectivity index (χ4v) is 5.59. The standard InChI is InChI=1S/C26H30N2O5S/c1-17-9-12-22(32-5)20(15-17)26(14-13-25(3,4)16-33-26)24(29)28-34(30,31)23-8-6-7-21-19(23)11-10-18(2)27-21/h6-12,15H,13-14,16H2,1-5H3,(H,28,29). The molecule has 1 aliphatic heterocycles. The second-order valence-corrected chi connectivity index (χ2v) is 11.3. The summed E-state index contributed by atoms with van der Waals surface area (Å²) in [6.07, 6.45) is 0.993. The molecular weight excluding hydrogens is 452 g/mol. The highest BCUT2D eigenvalue weighted by molar-refractivity contribution is 7.90. The van der Waals surface area contributed by atoms with Crippen molar-refractivity contribution in [1.82, 2.24) is 9.71 Å². The molecule has 1 aliphatic rings. The molecule has 7 nitrogen and oxygen atoms in total. The number of ether oxygens (including phenoxy) is 2. The lowest BCUT2D eigenvalue weighted by Crippen LogP contribution is -2.52. The van der Waals surface area contributed by atoms with Crippen LogP contribution in [0.4, 0.5) is 0 Å². The van der Waals surface area contributed by atoms with Crippen LogP contribution in [0.3, 0.4) is 0 Å². The SMILES string of the molecule is COc1ccc(C)cc1C1(C(=O)NS(=O)(=O)c2cccc3nc(C)ccc23)CCC(C)(C)CO1. The van der Waals surface area contributed by atoms with Crippen LogP contribution in [0.25, 0.3) is 10.9 Å². The largest absolute Gasteiger partial charge is 0.496 e. The average Bonchev–Trinajstić information content (AvgIpc) is 2.78. The maximum absolute atomic E-state index is 13.8. The van der Waals surface area contributed by atoms with Gasteiger partial charge in [0.1, 0.15) is 5.75 Å². The Kier molecular flexibility index (Phi) is 6.16. The monoisotopic (exact) mass is 482 g/mol. The lowest BCUT2D eigenvalue weighted by molar-refractivity contribution is -0.166. The van der Waals surface area contributed by atoms with Crippen molar-refractivity contribution in [1.29, 1.82) is 0 Å². The molecule has 8 heteroatoms. The third kappa shape index (κ3) is 4.40. The van der Waals surface area contributed by atoms with Gasteiger partial charge >= 0.3 is 0 Å². The summed E-state index contributed by atoms with van der Waals surface area (Å²) in [5.41, 5.74) is 1.11. The first kappa shape index (κ1) is 24.2. The molecule has 34 heavy (non-hydrogen) atoms. The Morgan fingerprint density at radius 2 is 1.85 bits per heavy atom. The number of aromatic nitrogens is 1. The molecule has 1 aromatic heterocycles. The zero-order valence-electron chi connectivity index (χ0n) is 20.1. The van der Waals surface area contributed by atoms with E-state index in [9.17, 15) is 13.2 Å². The highest BCUT2D eigenvalue weighted by Gasteiger charge is 2.49. The van der Waals surface area contributed by atoms with E-state index in [1.807, 2.05) is 26.0 Å². The third-order valence-electron chi connectivity index (χ3n) is 6.37. The Balaban J connectivity index is 1.79. The topological polar surface area (TPSA) is 94.6 Å². The second kappa shape index (κ2) is 8.67. The van der Waals surface area contributed by atoms with E-state index < -0.39 is 21.5 Å². The molecule has 0 saturated carbocycles.